The van der Waals surface area contributed by atoms with Crippen molar-refractivity contribution in [2.75, 3.05) is 138 Å². The lowest BCUT2D eigenvalue weighted by atomic mass is 9.82. The number of ether oxygens (including phenoxy) is 7. The number of carbonyl (C=O) groups excluding carboxylic acids is 4. The quantitative estimate of drug-likeness (QED) is 0.0261. The molecule has 318 valence electrons. The molecule has 4 amide bonds. The topological polar surface area (TPSA) is 308 Å². The summed E-state index contributed by atoms with van der Waals surface area (Å²) in [7, 11) is 0. The SMILES string of the molecule is NCC(=O)NC(COCCC(=O)NCCOCCOCCO)(C(O)CCC(=O)NCCOCCOCCO)C(O)CCC(=O)NCCOCCOCCO. The van der Waals surface area contributed by atoms with E-state index < -0.39 is 48.6 Å². The van der Waals surface area contributed by atoms with Crippen molar-refractivity contribution in [3.63, 3.8) is 0 Å². The molecule has 11 N–H and O–H groups in total. The average Bonchev–Trinajstić information content (AvgIpc) is 3.16. The summed E-state index contributed by atoms with van der Waals surface area (Å²) in [5, 5.41) is 59.5. The summed E-state index contributed by atoms with van der Waals surface area (Å²) in [6.45, 7) is 1.97. The van der Waals surface area contributed by atoms with E-state index in [1.807, 2.05) is 0 Å². The number of aliphatic hydroxyl groups is 5. The third-order valence-electron chi connectivity index (χ3n) is 7.38. The predicted octanol–water partition coefficient (Wildman–Crippen LogP) is -5.09. The van der Waals surface area contributed by atoms with E-state index in [1.165, 1.54) is 0 Å². The molecule has 0 bridgehead atoms. The standard InChI is InChI=1S/C33H65N5O16/c34-25-32(47)38-33(26-54-12-5-31(46)37-8-15-50-21-24-53-18-11-41,27(42)1-3-29(44)35-6-13-48-19-22-51-16-9-39)28(43)2-4-30(45)36-7-14-49-20-23-52-17-10-40/h27-28,39-43H,1-26,34H2,(H,35,44)(H,36,45)(H,37,46)(H,38,47). The maximum absolute atomic E-state index is 12.6. The summed E-state index contributed by atoms with van der Waals surface area (Å²) < 4.78 is 37.0. The molecule has 0 saturated heterocycles. The Hall–Kier alpha value is -2.64. The second-order valence-corrected chi connectivity index (χ2v) is 11.6. The number of amides is 4. The van der Waals surface area contributed by atoms with Crippen molar-refractivity contribution < 1.29 is 77.9 Å². The molecule has 21 nitrogen and oxygen atoms in total. The Kier molecular flexibility index (Phi) is 34.3. The first kappa shape index (κ1) is 51.4. The minimum absolute atomic E-state index is 0.0888. The van der Waals surface area contributed by atoms with Gasteiger partial charge in [-0.15, -0.1) is 0 Å². The van der Waals surface area contributed by atoms with Crippen LogP contribution in [0.4, 0.5) is 0 Å². The van der Waals surface area contributed by atoms with Crippen LogP contribution in [0, 0.1) is 0 Å². The van der Waals surface area contributed by atoms with Crippen molar-refractivity contribution >= 4 is 23.6 Å². The van der Waals surface area contributed by atoms with E-state index >= 15 is 0 Å². The first-order valence-electron chi connectivity index (χ1n) is 18.2. The summed E-state index contributed by atoms with van der Waals surface area (Å²) in [6.07, 6.45) is -4.12. The summed E-state index contributed by atoms with van der Waals surface area (Å²) >= 11 is 0. The Balaban J connectivity index is 5.29. The van der Waals surface area contributed by atoms with Crippen molar-refractivity contribution in [2.24, 2.45) is 5.73 Å². The lowest BCUT2D eigenvalue weighted by molar-refractivity contribution is -0.136. The second kappa shape index (κ2) is 36.0. The van der Waals surface area contributed by atoms with Crippen LogP contribution in [0.5, 0.6) is 0 Å². The van der Waals surface area contributed by atoms with E-state index in [1.54, 1.807) is 0 Å². The van der Waals surface area contributed by atoms with Crippen molar-refractivity contribution in [3.05, 3.63) is 0 Å². The molecule has 0 saturated carbocycles. The lowest BCUT2D eigenvalue weighted by Crippen LogP contribution is -2.67. The number of nitrogens with two attached hydrogens (primary N) is 1. The van der Waals surface area contributed by atoms with Gasteiger partial charge in [-0.1, -0.05) is 0 Å². The molecule has 0 fully saturated rings. The molecule has 0 aromatic carbocycles. The summed E-state index contributed by atoms with van der Waals surface area (Å²) in [6, 6.07) is 0. The number of hydrogen-bond acceptors (Lipinski definition) is 17. The van der Waals surface area contributed by atoms with Gasteiger partial charge in [-0.2, -0.15) is 0 Å². The van der Waals surface area contributed by atoms with Crippen LogP contribution < -0.4 is 27.0 Å². The highest BCUT2D eigenvalue weighted by Crippen LogP contribution is 2.25. The van der Waals surface area contributed by atoms with Gasteiger partial charge in [0, 0.05) is 38.9 Å². The van der Waals surface area contributed by atoms with Crippen LogP contribution in [0.15, 0.2) is 0 Å². The number of hydrogen-bond donors (Lipinski definition) is 10. The average molecular weight is 788 g/mol. The molecule has 2 unspecified atom stereocenters. The van der Waals surface area contributed by atoms with Crippen LogP contribution in [-0.2, 0) is 52.3 Å². The van der Waals surface area contributed by atoms with Gasteiger partial charge >= 0.3 is 0 Å². The van der Waals surface area contributed by atoms with E-state index in [0.29, 0.717) is 6.61 Å². The number of rotatable bonds is 39. The zero-order valence-corrected chi connectivity index (χ0v) is 31.3. The molecule has 0 spiro atoms. The molecule has 0 aliphatic rings. The van der Waals surface area contributed by atoms with Crippen molar-refractivity contribution in [3.8, 4) is 0 Å². The van der Waals surface area contributed by atoms with Crippen LogP contribution >= 0.6 is 0 Å². The van der Waals surface area contributed by atoms with Crippen LogP contribution in [0.2, 0.25) is 0 Å². The Morgan fingerprint density at radius 3 is 1.19 bits per heavy atom. The first-order valence-corrected chi connectivity index (χ1v) is 18.2. The van der Waals surface area contributed by atoms with E-state index in [4.69, 9.17) is 54.2 Å². The monoisotopic (exact) mass is 787 g/mol. The normalized spacial score (nSPS) is 13.5. The fraction of sp³-hybridized carbons (Fsp3) is 0.879. The highest BCUT2D eigenvalue weighted by atomic mass is 16.5. The predicted molar refractivity (Wildman–Crippen MR) is 191 cm³/mol. The zero-order chi connectivity index (χ0) is 40.1. The van der Waals surface area contributed by atoms with Crippen LogP contribution in [0.3, 0.4) is 0 Å². The van der Waals surface area contributed by atoms with Gasteiger partial charge in [-0.3, -0.25) is 19.2 Å². The Morgan fingerprint density at radius 2 is 0.833 bits per heavy atom. The van der Waals surface area contributed by atoms with E-state index in [0.717, 1.165) is 0 Å². The highest BCUT2D eigenvalue weighted by molar-refractivity contribution is 5.79. The van der Waals surface area contributed by atoms with Gasteiger partial charge < -0.3 is 85.7 Å². The minimum Gasteiger partial charge on any atom is -0.394 e. The van der Waals surface area contributed by atoms with E-state index in [9.17, 15) is 29.4 Å². The van der Waals surface area contributed by atoms with Gasteiger partial charge in [0.15, 0.2) is 0 Å². The van der Waals surface area contributed by atoms with Crippen LogP contribution in [0.1, 0.15) is 32.1 Å². The number of aliphatic hydroxyl groups excluding tert-OH is 5. The molecule has 0 aromatic rings. The zero-order valence-electron chi connectivity index (χ0n) is 31.3. The minimum atomic E-state index is -1.92. The van der Waals surface area contributed by atoms with E-state index in [2.05, 4.69) is 21.3 Å². The van der Waals surface area contributed by atoms with Gasteiger partial charge in [0.2, 0.25) is 23.6 Å². The van der Waals surface area contributed by atoms with Gasteiger partial charge in [-0.25, -0.2) is 0 Å². The van der Waals surface area contributed by atoms with Crippen LogP contribution in [-0.4, -0.2) is 205 Å². The molecule has 0 aliphatic heterocycles. The van der Waals surface area contributed by atoms with Crippen molar-refractivity contribution in [1.29, 1.82) is 0 Å². The van der Waals surface area contributed by atoms with Crippen molar-refractivity contribution in [1.82, 2.24) is 21.3 Å². The van der Waals surface area contributed by atoms with Gasteiger partial charge in [0.05, 0.1) is 131 Å². The fourth-order valence-corrected chi connectivity index (χ4v) is 4.60. The molecule has 21 heteroatoms. The number of nitrogens with one attached hydrogen (secondary N) is 4. The summed E-state index contributed by atoms with van der Waals surface area (Å²) in [5.41, 5.74) is 3.64. The molecule has 0 aromatic heterocycles. The van der Waals surface area contributed by atoms with Crippen LogP contribution in [0.25, 0.3) is 0 Å². The fourth-order valence-electron chi connectivity index (χ4n) is 4.60. The third-order valence-corrected chi connectivity index (χ3v) is 7.38. The molecule has 54 heavy (non-hydrogen) atoms. The smallest absolute Gasteiger partial charge is 0.234 e. The Labute approximate surface area is 316 Å². The lowest BCUT2D eigenvalue weighted by Gasteiger charge is -2.42. The maximum Gasteiger partial charge on any atom is 0.234 e. The molecular weight excluding hydrogens is 722 g/mol. The molecular formula is C33H65N5O16. The van der Waals surface area contributed by atoms with Gasteiger partial charge in [0.1, 0.15) is 5.54 Å². The third kappa shape index (κ3) is 27.9. The summed E-state index contributed by atoms with van der Waals surface area (Å²) in [5.74, 6) is -2.00. The largest absolute Gasteiger partial charge is 0.394 e. The Morgan fingerprint density at radius 1 is 0.481 bits per heavy atom. The molecule has 2 atom stereocenters. The number of carbonyl (C=O) groups is 4. The first-order chi connectivity index (χ1) is 26.2. The van der Waals surface area contributed by atoms with E-state index in [-0.39, 0.29) is 157 Å². The summed E-state index contributed by atoms with van der Waals surface area (Å²) in [4.78, 5) is 50.1. The molecule has 0 radical (unpaired) electrons. The molecule has 0 rings (SSSR count). The molecule has 0 aliphatic carbocycles. The second-order valence-electron chi connectivity index (χ2n) is 11.6. The maximum atomic E-state index is 12.6. The molecule has 0 heterocycles. The highest BCUT2D eigenvalue weighted by Gasteiger charge is 2.46. The van der Waals surface area contributed by atoms with Gasteiger partial charge in [0.25, 0.3) is 0 Å². The Bertz CT molecular complexity index is 912. The van der Waals surface area contributed by atoms with Crippen molar-refractivity contribution in [2.45, 2.75) is 49.9 Å². The van der Waals surface area contributed by atoms with Gasteiger partial charge in [-0.05, 0) is 12.8 Å².